The van der Waals surface area contributed by atoms with Crippen LogP contribution in [0.4, 0.5) is 4.79 Å². The van der Waals surface area contributed by atoms with E-state index in [0.29, 0.717) is 5.56 Å². The zero-order valence-electron chi connectivity index (χ0n) is 16.7. The van der Waals surface area contributed by atoms with Gasteiger partial charge in [0.15, 0.2) is 0 Å². The highest BCUT2D eigenvalue weighted by Gasteiger charge is 2.56. The van der Waals surface area contributed by atoms with Gasteiger partial charge in [0.2, 0.25) is 5.91 Å². The predicted molar refractivity (Wildman–Crippen MR) is 103 cm³/mol. The molecule has 1 saturated carbocycles. The molecule has 28 heavy (non-hydrogen) atoms. The van der Waals surface area contributed by atoms with Crippen molar-refractivity contribution in [2.75, 3.05) is 6.54 Å². The fraction of sp³-hybridized carbons (Fsp3) is 0.524. The van der Waals surface area contributed by atoms with Gasteiger partial charge in [-0.2, -0.15) is 5.26 Å². The number of hydrogen-bond donors (Lipinski definition) is 2. The molecule has 0 aromatic heterocycles. The van der Waals surface area contributed by atoms with Gasteiger partial charge in [0.1, 0.15) is 18.1 Å². The van der Waals surface area contributed by atoms with Gasteiger partial charge >= 0.3 is 6.03 Å². The van der Waals surface area contributed by atoms with Crippen molar-refractivity contribution in [3.05, 3.63) is 35.4 Å². The van der Waals surface area contributed by atoms with Crippen molar-refractivity contribution in [2.45, 2.75) is 57.5 Å². The van der Waals surface area contributed by atoms with Crippen LogP contribution in [-0.4, -0.2) is 34.8 Å². The summed E-state index contributed by atoms with van der Waals surface area (Å²) < 4.78 is 0. The van der Waals surface area contributed by atoms with Crippen molar-refractivity contribution in [2.24, 2.45) is 5.92 Å². The first-order valence-electron chi connectivity index (χ1n) is 9.50. The molecule has 2 atom stereocenters. The van der Waals surface area contributed by atoms with Crippen LogP contribution in [0.25, 0.3) is 0 Å². The fourth-order valence-electron chi connectivity index (χ4n) is 3.51. The summed E-state index contributed by atoms with van der Waals surface area (Å²) in [4.78, 5) is 38.1. The highest BCUT2D eigenvalue weighted by Crippen LogP contribution is 2.42. The van der Waals surface area contributed by atoms with E-state index in [1.807, 2.05) is 24.3 Å². The number of carbonyl (C=O) groups is 3. The number of urea groups is 1. The molecule has 0 spiro atoms. The standard InChI is InChI=1S/C21H26N4O3/c1-20(2,3)14-7-5-13(6-8-14)16(11-22)23-17(26)12-25-18(27)21(4,15-9-10-15)24-19(25)28/h5-8,15-16H,9-10,12H2,1-4H3,(H,23,26)(H,24,28)/t16-,21-/m1/s1. The average molecular weight is 382 g/mol. The minimum atomic E-state index is -0.922. The van der Waals surface area contributed by atoms with Crippen LogP contribution in [0.5, 0.6) is 0 Å². The third-order valence-electron chi connectivity index (χ3n) is 5.54. The maximum atomic E-state index is 12.6. The summed E-state index contributed by atoms with van der Waals surface area (Å²) >= 11 is 0. The van der Waals surface area contributed by atoms with Gasteiger partial charge in [-0.25, -0.2) is 4.79 Å². The van der Waals surface area contributed by atoms with Crippen molar-refractivity contribution in [3.63, 3.8) is 0 Å². The first kappa shape index (κ1) is 19.9. The third kappa shape index (κ3) is 3.72. The van der Waals surface area contributed by atoms with Crippen molar-refractivity contribution in [1.82, 2.24) is 15.5 Å². The number of nitriles is 1. The van der Waals surface area contributed by atoms with Crippen molar-refractivity contribution in [3.8, 4) is 6.07 Å². The van der Waals surface area contributed by atoms with Crippen LogP contribution >= 0.6 is 0 Å². The van der Waals surface area contributed by atoms with E-state index < -0.39 is 30.1 Å². The second kappa shape index (κ2) is 6.93. The lowest BCUT2D eigenvalue weighted by Crippen LogP contribution is -2.47. The van der Waals surface area contributed by atoms with Crippen molar-refractivity contribution < 1.29 is 14.4 Å². The van der Waals surface area contributed by atoms with Gasteiger partial charge in [-0.1, -0.05) is 45.0 Å². The number of amides is 4. The van der Waals surface area contributed by atoms with Gasteiger partial charge in [-0.3, -0.25) is 14.5 Å². The molecule has 1 aromatic rings. The Kier molecular flexibility index (Phi) is 4.92. The number of imide groups is 1. The Labute approximate surface area is 165 Å². The maximum Gasteiger partial charge on any atom is 0.325 e. The second-order valence-electron chi connectivity index (χ2n) is 8.80. The molecular weight excluding hydrogens is 356 g/mol. The second-order valence-corrected chi connectivity index (χ2v) is 8.80. The molecule has 4 amide bonds. The minimum Gasteiger partial charge on any atom is -0.335 e. The van der Waals surface area contributed by atoms with Crippen LogP contribution < -0.4 is 10.6 Å². The highest BCUT2D eigenvalue weighted by atomic mass is 16.2. The predicted octanol–water partition coefficient (Wildman–Crippen LogP) is 2.39. The molecule has 1 heterocycles. The van der Waals surface area contributed by atoms with E-state index in [0.717, 1.165) is 23.3 Å². The van der Waals surface area contributed by atoms with Crippen LogP contribution in [0.15, 0.2) is 24.3 Å². The van der Waals surface area contributed by atoms with Gasteiger partial charge < -0.3 is 10.6 Å². The number of rotatable bonds is 5. The molecule has 1 aromatic carbocycles. The van der Waals surface area contributed by atoms with Crippen LogP contribution in [0.3, 0.4) is 0 Å². The lowest BCUT2D eigenvalue weighted by Gasteiger charge is -2.21. The third-order valence-corrected chi connectivity index (χ3v) is 5.54. The van der Waals surface area contributed by atoms with E-state index in [1.165, 1.54) is 0 Å². The monoisotopic (exact) mass is 382 g/mol. The van der Waals surface area contributed by atoms with Crippen LogP contribution in [0.2, 0.25) is 0 Å². The van der Waals surface area contributed by atoms with Gasteiger partial charge in [-0.15, -0.1) is 0 Å². The topological polar surface area (TPSA) is 102 Å². The van der Waals surface area contributed by atoms with Gasteiger partial charge in [0.25, 0.3) is 5.91 Å². The molecular formula is C21H26N4O3. The molecule has 1 aliphatic heterocycles. The molecule has 2 aliphatic rings. The number of nitrogens with one attached hydrogen (secondary N) is 2. The summed E-state index contributed by atoms with van der Waals surface area (Å²) in [5, 5.41) is 14.8. The number of hydrogen-bond acceptors (Lipinski definition) is 4. The smallest absolute Gasteiger partial charge is 0.325 e. The molecule has 1 aliphatic carbocycles. The number of nitrogens with zero attached hydrogens (tertiary/aromatic N) is 2. The molecule has 2 N–H and O–H groups in total. The summed E-state index contributed by atoms with van der Waals surface area (Å²) in [5.74, 6) is -0.793. The molecule has 1 saturated heterocycles. The summed E-state index contributed by atoms with van der Waals surface area (Å²) in [7, 11) is 0. The van der Waals surface area contributed by atoms with E-state index in [-0.39, 0.29) is 17.2 Å². The van der Waals surface area contributed by atoms with Gasteiger partial charge in [-0.05, 0) is 42.2 Å². The Morgan fingerprint density at radius 3 is 2.43 bits per heavy atom. The van der Waals surface area contributed by atoms with Gasteiger partial charge in [0, 0.05) is 0 Å². The molecule has 0 bridgehead atoms. The normalized spacial score (nSPS) is 23.2. The Bertz CT molecular complexity index is 846. The number of carbonyl (C=O) groups excluding carboxylic acids is 3. The molecule has 7 nitrogen and oxygen atoms in total. The molecule has 0 unspecified atom stereocenters. The molecule has 2 fully saturated rings. The summed E-state index contributed by atoms with van der Waals surface area (Å²) in [6.07, 6.45) is 1.78. The van der Waals surface area contributed by atoms with Crippen LogP contribution in [-0.2, 0) is 15.0 Å². The fourth-order valence-corrected chi connectivity index (χ4v) is 3.51. The zero-order chi connectivity index (χ0) is 20.7. The summed E-state index contributed by atoms with van der Waals surface area (Å²) in [6.45, 7) is 7.60. The van der Waals surface area contributed by atoms with Crippen molar-refractivity contribution >= 4 is 17.8 Å². The molecule has 3 rings (SSSR count). The van der Waals surface area contributed by atoms with Crippen LogP contribution in [0, 0.1) is 17.2 Å². The van der Waals surface area contributed by atoms with E-state index in [2.05, 4.69) is 37.5 Å². The minimum absolute atomic E-state index is 0.0123. The molecule has 148 valence electrons. The Balaban J connectivity index is 1.65. The Morgan fingerprint density at radius 1 is 1.32 bits per heavy atom. The molecule has 0 radical (unpaired) electrons. The van der Waals surface area contributed by atoms with Crippen LogP contribution in [0.1, 0.15) is 57.7 Å². The maximum absolute atomic E-state index is 12.6. The van der Waals surface area contributed by atoms with Gasteiger partial charge in [0.05, 0.1) is 6.07 Å². The van der Waals surface area contributed by atoms with E-state index in [1.54, 1.807) is 6.92 Å². The number of benzene rings is 1. The summed E-state index contributed by atoms with van der Waals surface area (Å²) in [6, 6.07) is 8.15. The Hall–Kier alpha value is -2.88. The van der Waals surface area contributed by atoms with E-state index in [4.69, 9.17) is 0 Å². The first-order valence-corrected chi connectivity index (χ1v) is 9.50. The SMILES string of the molecule is CC(C)(C)c1ccc([C@@H](C#N)NC(=O)CN2C(=O)N[C@](C)(C3CC3)C2=O)cc1. The van der Waals surface area contributed by atoms with Crippen molar-refractivity contribution in [1.29, 1.82) is 5.26 Å². The van der Waals surface area contributed by atoms with E-state index >= 15 is 0 Å². The quantitative estimate of drug-likeness (QED) is 0.763. The highest BCUT2D eigenvalue weighted by molar-refractivity contribution is 6.09. The lowest BCUT2D eigenvalue weighted by atomic mass is 9.86. The first-order chi connectivity index (χ1) is 13.1. The molecule has 7 heteroatoms. The largest absolute Gasteiger partial charge is 0.335 e. The zero-order valence-corrected chi connectivity index (χ0v) is 16.7. The van der Waals surface area contributed by atoms with E-state index in [9.17, 15) is 19.6 Å². The lowest BCUT2D eigenvalue weighted by molar-refractivity contribution is -0.135. The Morgan fingerprint density at radius 2 is 1.93 bits per heavy atom. The average Bonchev–Trinajstić information content (AvgIpc) is 3.45. The summed E-state index contributed by atoms with van der Waals surface area (Å²) in [5.41, 5.74) is 0.845.